The summed E-state index contributed by atoms with van der Waals surface area (Å²) in [5, 5.41) is 26.0. The smallest absolute Gasteiger partial charge is 0.323 e. The van der Waals surface area contributed by atoms with Gasteiger partial charge in [-0.05, 0) is 101 Å². The molecule has 0 aliphatic carbocycles. The quantitative estimate of drug-likeness (QED) is 0.262. The normalized spacial score (nSPS) is 23.8. The second kappa shape index (κ2) is 14.9. The van der Waals surface area contributed by atoms with E-state index in [0.717, 1.165) is 57.2 Å². The molecule has 0 radical (unpaired) electrons. The third-order valence-corrected chi connectivity index (χ3v) is 10.6. The van der Waals surface area contributed by atoms with Gasteiger partial charge < -0.3 is 45.2 Å². The fourth-order valence-corrected chi connectivity index (χ4v) is 7.78. The Bertz CT molecular complexity index is 1620. The maximum absolute atomic E-state index is 13.0. The van der Waals surface area contributed by atoms with Crippen molar-refractivity contribution in [3.63, 3.8) is 0 Å². The highest BCUT2D eigenvalue weighted by Crippen LogP contribution is 2.36. The number of rotatable bonds is 9. The fourth-order valence-electron chi connectivity index (χ4n) is 7.78. The zero-order valence-electron chi connectivity index (χ0n) is 28.7. The molecule has 4 aliphatic heterocycles. The Balaban J connectivity index is 1.03. The number of aliphatic hydroxyl groups excluding tert-OH is 2. The van der Waals surface area contributed by atoms with Crippen LogP contribution in [0.25, 0.3) is 11.4 Å². The predicted molar refractivity (Wildman–Crippen MR) is 191 cm³/mol. The lowest BCUT2D eigenvalue weighted by Gasteiger charge is -2.36. The van der Waals surface area contributed by atoms with Gasteiger partial charge in [-0.2, -0.15) is 15.0 Å². The minimum Gasteiger partial charge on any atom is -0.394 e. The molecular weight excluding hydrogens is 638 g/mol. The van der Waals surface area contributed by atoms with Crippen molar-refractivity contribution in [2.45, 2.75) is 68.7 Å². The Morgan fingerprint density at radius 2 is 1.30 bits per heavy atom. The first-order valence-corrected chi connectivity index (χ1v) is 17.7. The molecule has 50 heavy (non-hydrogen) atoms. The van der Waals surface area contributed by atoms with Crippen molar-refractivity contribution in [1.82, 2.24) is 24.8 Å². The first-order valence-electron chi connectivity index (χ1n) is 17.7. The molecule has 5 heterocycles. The monoisotopic (exact) mass is 685 g/mol. The van der Waals surface area contributed by atoms with E-state index < -0.39 is 6.03 Å². The molecule has 266 valence electrons. The summed E-state index contributed by atoms with van der Waals surface area (Å²) in [6.45, 7) is 2.60. The van der Waals surface area contributed by atoms with Crippen LogP contribution in [0.4, 0.5) is 28.1 Å². The first kappa shape index (κ1) is 34.1. The zero-order chi connectivity index (χ0) is 34.8. The minimum atomic E-state index is -0.408. The lowest BCUT2D eigenvalue weighted by atomic mass is 10.0. The molecule has 0 spiro atoms. The van der Waals surface area contributed by atoms with Crippen LogP contribution in [0, 0.1) is 0 Å². The van der Waals surface area contributed by atoms with E-state index in [-0.39, 0.29) is 43.3 Å². The fraction of sp³-hybridized carbons (Fsp3) is 0.528. The lowest BCUT2D eigenvalue weighted by molar-refractivity contribution is 0.0663. The van der Waals surface area contributed by atoms with Crippen LogP contribution in [0.2, 0.25) is 0 Å². The third-order valence-electron chi connectivity index (χ3n) is 10.6. The minimum absolute atomic E-state index is 0.00914. The van der Waals surface area contributed by atoms with Gasteiger partial charge in [0, 0.05) is 41.6 Å². The molecule has 4 N–H and O–H groups in total. The number of urea groups is 1. The Morgan fingerprint density at radius 1 is 0.760 bits per heavy atom. The number of nitrogens with one attached hydrogen (secondary N) is 2. The number of amides is 3. The molecule has 0 saturated carbocycles. The summed E-state index contributed by atoms with van der Waals surface area (Å²) in [6.07, 6.45) is 5.40. The molecule has 2 aromatic carbocycles. The van der Waals surface area contributed by atoms with Crippen LogP contribution in [0.15, 0.2) is 48.5 Å². The van der Waals surface area contributed by atoms with Crippen molar-refractivity contribution in [3.8, 4) is 11.4 Å². The molecule has 2 bridgehead atoms. The van der Waals surface area contributed by atoms with Gasteiger partial charge in [-0.3, -0.25) is 4.79 Å². The van der Waals surface area contributed by atoms with Crippen molar-refractivity contribution in [2.24, 2.45) is 0 Å². The van der Waals surface area contributed by atoms with Crippen LogP contribution in [-0.4, -0.2) is 131 Å². The van der Waals surface area contributed by atoms with Gasteiger partial charge in [0.1, 0.15) is 0 Å². The SMILES string of the molecule is CN(C)C1CCN(C(=O)c2ccc(NC(=O)Nc3ccc(-c4nc(N5C6CCC5COC6)nc(N5[C@H](CO)CC[C@@H]5CO)n4)cc3)cc2)CC1. The number of nitrogens with zero attached hydrogens (tertiary/aromatic N) is 7. The van der Waals surface area contributed by atoms with Crippen molar-refractivity contribution in [1.29, 1.82) is 0 Å². The van der Waals surface area contributed by atoms with E-state index in [4.69, 9.17) is 19.7 Å². The highest BCUT2D eigenvalue weighted by Gasteiger charge is 2.41. The van der Waals surface area contributed by atoms with Gasteiger partial charge in [-0.15, -0.1) is 0 Å². The molecule has 4 saturated heterocycles. The number of carbonyl (C=O) groups excluding carboxylic acids is 2. The molecule has 14 nitrogen and oxygen atoms in total. The van der Waals surface area contributed by atoms with Gasteiger partial charge in [0.15, 0.2) is 5.82 Å². The lowest BCUT2D eigenvalue weighted by Crippen LogP contribution is -2.47. The Kier molecular flexibility index (Phi) is 10.1. The molecule has 1 aromatic heterocycles. The Labute approximate surface area is 292 Å². The molecule has 4 fully saturated rings. The molecule has 14 heteroatoms. The summed E-state index contributed by atoms with van der Waals surface area (Å²) in [5.41, 5.74) is 2.51. The standard InChI is InChI=1S/C36H47N9O5/c1-42(2)27-15-17-43(18-16-27)33(48)24-5-9-26(10-6-24)38-36(49)37-25-7-3-23(4-8-25)32-39-34(44-28(19-46)11-12-29(44)20-47)41-35(40-32)45-30-13-14-31(45)22-50-21-30/h3-10,27-31,46-47H,11-22H2,1-2H3,(H2,37,38,49)/t28-,29+,30?,31?. The van der Waals surface area contributed by atoms with Gasteiger partial charge >= 0.3 is 6.03 Å². The van der Waals surface area contributed by atoms with Gasteiger partial charge in [-0.1, -0.05) is 0 Å². The van der Waals surface area contributed by atoms with Crippen molar-refractivity contribution in [3.05, 3.63) is 54.1 Å². The van der Waals surface area contributed by atoms with Crippen molar-refractivity contribution in [2.75, 3.05) is 74.0 Å². The van der Waals surface area contributed by atoms with Crippen LogP contribution in [0.5, 0.6) is 0 Å². The summed E-state index contributed by atoms with van der Waals surface area (Å²) in [4.78, 5) is 48.9. The third kappa shape index (κ3) is 7.11. The number of fused-ring (bicyclic) bond motifs is 2. The molecule has 2 unspecified atom stereocenters. The topological polar surface area (TPSA) is 160 Å². The summed E-state index contributed by atoms with van der Waals surface area (Å²) >= 11 is 0. The summed E-state index contributed by atoms with van der Waals surface area (Å²) in [6, 6.07) is 14.3. The summed E-state index contributed by atoms with van der Waals surface area (Å²) in [7, 11) is 4.16. The number of hydrogen-bond donors (Lipinski definition) is 4. The highest BCUT2D eigenvalue weighted by molar-refractivity contribution is 6.00. The number of likely N-dealkylation sites (tertiary alicyclic amines) is 1. The number of hydrogen-bond acceptors (Lipinski definition) is 11. The molecular formula is C36H47N9O5. The Hall–Kier alpha value is -4.37. The van der Waals surface area contributed by atoms with E-state index in [2.05, 4.69) is 34.5 Å². The molecule has 4 atom stereocenters. The van der Waals surface area contributed by atoms with Crippen LogP contribution < -0.4 is 20.4 Å². The summed E-state index contributed by atoms with van der Waals surface area (Å²) in [5.74, 6) is 1.50. The number of morpholine rings is 1. The second-order valence-corrected chi connectivity index (χ2v) is 14.0. The summed E-state index contributed by atoms with van der Waals surface area (Å²) < 4.78 is 5.81. The van der Waals surface area contributed by atoms with E-state index in [0.29, 0.717) is 53.9 Å². The average Bonchev–Trinajstić information content (AvgIpc) is 3.68. The van der Waals surface area contributed by atoms with Gasteiger partial charge in [0.2, 0.25) is 11.9 Å². The van der Waals surface area contributed by atoms with Crippen LogP contribution in [0.1, 0.15) is 48.9 Å². The second-order valence-electron chi connectivity index (χ2n) is 14.0. The van der Waals surface area contributed by atoms with Crippen molar-refractivity contribution >= 4 is 35.2 Å². The van der Waals surface area contributed by atoms with Gasteiger partial charge in [0.05, 0.1) is 50.6 Å². The van der Waals surface area contributed by atoms with Crippen molar-refractivity contribution < 1.29 is 24.5 Å². The van der Waals surface area contributed by atoms with Crippen LogP contribution in [-0.2, 0) is 4.74 Å². The van der Waals surface area contributed by atoms with Gasteiger partial charge in [-0.25, -0.2) is 4.79 Å². The zero-order valence-corrected chi connectivity index (χ0v) is 28.7. The van der Waals surface area contributed by atoms with E-state index in [1.54, 1.807) is 36.4 Å². The maximum Gasteiger partial charge on any atom is 0.323 e. The van der Waals surface area contributed by atoms with Crippen LogP contribution >= 0.6 is 0 Å². The average molecular weight is 686 g/mol. The molecule has 3 aromatic rings. The maximum atomic E-state index is 13.0. The molecule has 7 rings (SSSR count). The number of aliphatic hydroxyl groups is 2. The predicted octanol–water partition coefficient (Wildman–Crippen LogP) is 3.04. The number of piperidine rings is 1. The van der Waals surface area contributed by atoms with E-state index in [9.17, 15) is 19.8 Å². The van der Waals surface area contributed by atoms with Crippen LogP contribution in [0.3, 0.4) is 0 Å². The largest absolute Gasteiger partial charge is 0.394 e. The Morgan fingerprint density at radius 3 is 1.84 bits per heavy atom. The number of aromatic nitrogens is 3. The van der Waals surface area contributed by atoms with E-state index in [1.807, 2.05) is 21.9 Å². The number of ether oxygens (including phenoxy) is 1. The first-order chi connectivity index (χ1) is 24.3. The molecule has 4 aliphatic rings. The van der Waals surface area contributed by atoms with E-state index in [1.165, 1.54) is 0 Å². The highest BCUT2D eigenvalue weighted by atomic mass is 16.5. The van der Waals surface area contributed by atoms with Gasteiger partial charge in [0.25, 0.3) is 5.91 Å². The number of anilines is 4. The number of benzene rings is 2. The molecule has 3 amide bonds. The van der Waals surface area contributed by atoms with E-state index >= 15 is 0 Å². The number of carbonyl (C=O) groups is 2.